The van der Waals surface area contributed by atoms with E-state index in [0.29, 0.717) is 23.9 Å². The molecule has 0 unspecified atom stereocenters. The second-order valence-corrected chi connectivity index (χ2v) is 5.40. The molecule has 1 saturated carbocycles. The summed E-state index contributed by atoms with van der Waals surface area (Å²) >= 11 is 0. The van der Waals surface area contributed by atoms with Crippen LogP contribution in [0.4, 0.5) is 11.4 Å². The number of nitrogen functional groups attached to an aromatic ring is 1. The van der Waals surface area contributed by atoms with E-state index in [2.05, 4.69) is 11.9 Å². The zero-order valence-electron chi connectivity index (χ0n) is 12.4. The standard InChI is InChI=1S/C16H24N2O2/c1-3-20-16(19)12-9-10-14(17)15(11-12)18(2)13-7-5-4-6-8-13/h9-11,13H,3-8,17H2,1-2H3. The number of nitrogens with two attached hydrogens (primary N) is 1. The predicted octanol–water partition coefficient (Wildman–Crippen LogP) is 3.21. The number of rotatable bonds is 4. The minimum atomic E-state index is -0.286. The van der Waals surface area contributed by atoms with Gasteiger partial charge < -0.3 is 15.4 Å². The molecular weight excluding hydrogens is 252 g/mol. The molecule has 1 aliphatic rings. The van der Waals surface area contributed by atoms with Crippen molar-refractivity contribution < 1.29 is 9.53 Å². The van der Waals surface area contributed by atoms with Crippen LogP contribution in [0.3, 0.4) is 0 Å². The second-order valence-electron chi connectivity index (χ2n) is 5.40. The summed E-state index contributed by atoms with van der Waals surface area (Å²) in [6, 6.07) is 5.89. The van der Waals surface area contributed by atoms with Crippen LogP contribution >= 0.6 is 0 Å². The Morgan fingerprint density at radius 1 is 1.35 bits per heavy atom. The van der Waals surface area contributed by atoms with Gasteiger partial charge in [0.25, 0.3) is 0 Å². The molecule has 2 rings (SSSR count). The van der Waals surface area contributed by atoms with E-state index < -0.39 is 0 Å². The number of hydrogen-bond acceptors (Lipinski definition) is 4. The second kappa shape index (κ2) is 6.64. The normalized spacial score (nSPS) is 15.9. The molecule has 2 N–H and O–H groups in total. The van der Waals surface area contributed by atoms with Gasteiger partial charge in [0.05, 0.1) is 23.5 Å². The Morgan fingerprint density at radius 3 is 2.70 bits per heavy atom. The number of ether oxygens (including phenoxy) is 1. The maximum atomic E-state index is 11.8. The van der Waals surface area contributed by atoms with Gasteiger partial charge in [-0.15, -0.1) is 0 Å². The summed E-state index contributed by atoms with van der Waals surface area (Å²) in [5.41, 5.74) is 8.29. The van der Waals surface area contributed by atoms with E-state index in [1.807, 2.05) is 13.0 Å². The highest BCUT2D eigenvalue weighted by molar-refractivity contribution is 5.92. The highest BCUT2D eigenvalue weighted by Gasteiger charge is 2.20. The van der Waals surface area contributed by atoms with Crippen molar-refractivity contribution in [3.63, 3.8) is 0 Å². The molecule has 0 radical (unpaired) electrons. The Hall–Kier alpha value is -1.71. The van der Waals surface area contributed by atoms with Gasteiger partial charge in [-0.05, 0) is 38.0 Å². The van der Waals surface area contributed by atoms with Crippen molar-refractivity contribution >= 4 is 17.3 Å². The fourth-order valence-electron chi connectivity index (χ4n) is 2.86. The Balaban J connectivity index is 2.20. The van der Waals surface area contributed by atoms with Gasteiger partial charge in [-0.2, -0.15) is 0 Å². The Labute approximate surface area is 120 Å². The molecule has 1 aromatic carbocycles. The topological polar surface area (TPSA) is 55.6 Å². The van der Waals surface area contributed by atoms with Crippen LogP contribution in [0.15, 0.2) is 18.2 Å². The number of hydrogen-bond donors (Lipinski definition) is 1. The molecule has 1 aliphatic carbocycles. The molecular formula is C16H24N2O2. The summed E-state index contributed by atoms with van der Waals surface area (Å²) in [6.07, 6.45) is 6.25. The number of nitrogens with zero attached hydrogens (tertiary/aromatic N) is 1. The first kappa shape index (κ1) is 14.7. The number of esters is 1. The summed E-state index contributed by atoms with van der Waals surface area (Å²) in [7, 11) is 2.07. The van der Waals surface area contributed by atoms with Crippen LogP contribution in [0.2, 0.25) is 0 Å². The van der Waals surface area contributed by atoms with Crippen molar-refractivity contribution in [1.82, 2.24) is 0 Å². The molecule has 0 amide bonds. The molecule has 0 aromatic heterocycles. The fraction of sp³-hybridized carbons (Fsp3) is 0.562. The summed E-state index contributed by atoms with van der Waals surface area (Å²) < 4.78 is 5.05. The van der Waals surface area contributed by atoms with E-state index in [0.717, 1.165) is 5.69 Å². The van der Waals surface area contributed by atoms with Gasteiger partial charge in [0.1, 0.15) is 0 Å². The Morgan fingerprint density at radius 2 is 2.05 bits per heavy atom. The van der Waals surface area contributed by atoms with Gasteiger partial charge in [0.2, 0.25) is 0 Å². The lowest BCUT2D eigenvalue weighted by atomic mass is 9.94. The molecule has 4 nitrogen and oxygen atoms in total. The van der Waals surface area contributed by atoms with E-state index in [-0.39, 0.29) is 5.97 Å². The first-order valence-electron chi connectivity index (χ1n) is 7.43. The van der Waals surface area contributed by atoms with Crippen LogP contribution in [-0.4, -0.2) is 25.7 Å². The molecule has 1 aromatic rings. The highest BCUT2D eigenvalue weighted by Crippen LogP contribution is 2.30. The molecule has 0 heterocycles. The summed E-state index contributed by atoms with van der Waals surface area (Å²) in [4.78, 5) is 14.0. The van der Waals surface area contributed by atoms with Crippen molar-refractivity contribution in [2.75, 3.05) is 24.3 Å². The van der Waals surface area contributed by atoms with Gasteiger partial charge in [0.15, 0.2) is 0 Å². The minimum absolute atomic E-state index is 0.286. The largest absolute Gasteiger partial charge is 0.462 e. The molecule has 0 atom stereocenters. The number of carbonyl (C=O) groups excluding carboxylic acids is 1. The van der Waals surface area contributed by atoms with Crippen LogP contribution in [0, 0.1) is 0 Å². The highest BCUT2D eigenvalue weighted by atomic mass is 16.5. The zero-order chi connectivity index (χ0) is 14.5. The Bertz CT molecular complexity index is 468. The van der Waals surface area contributed by atoms with Crippen LogP contribution in [0.25, 0.3) is 0 Å². The van der Waals surface area contributed by atoms with Crippen molar-refractivity contribution in [2.24, 2.45) is 0 Å². The zero-order valence-corrected chi connectivity index (χ0v) is 12.4. The van der Waals surface area contributed by atoms with Gasteiger partial charge in [-0.3, -0.25) is 0 Å². The molecule has 20 heavy (non-hydrogen) atoms. The quantitative estimate of drug-likeness (QED) is 0.677. The molecule has 0 bridgehead atoms. The van der Waals surface area contributed by atoms with E-state index >= 15 is 0 Å². The van der Waals surface area contributed by atoms with Crippen LogP contribution in [0.1, 0.15) is 49.4 Å². The molecule has 0 aliphatic heterocycles. The van der Waals surface area contributed by atoms with Gasteiger partial charge >= 0.3 is 5.97 Å². The maximum absolute atomic E-state index is 11.8. The number of carbonyl (C=O) groups is 1. The molecule has 1 fully saturated rings. The van der Waals surface area contributed by atoms with Gasteiger partial charge in [-0.25, -0.2) is 4.79 Å². The van der Waals surface area contributed by atoms with Crippen LogP contribution < -0.4 is 10.6 Å². The van der Waals surface area contributed by atoms with Crippen molar-refractivity contribution in [3.05, 3.63) is 23.8 Å². The minimum Gasteiger partial charge on any atom is -0.462 e. The van der Waals surface area contributed by atoms with E-state index in [1.165, 1.54) is 32.1 Å². The van der Waals surface area contributed by atoms with Crippen molar-refractivity contribution in [3.8, 4) is 0 Å². The monoisotopic (exact) mass is 276 g/mol. The lowest BCUT2D eigenvalue weighted by Gasteiger charge is -2.33. The third kappa shape index (κ3) is 3.24. The number of benzene rings is 1. The van der Waals surface area contributed by atoms with E-state index in [1.54, 1.807) is 12.1 Å². The average molecular weight is 276 g/mol. The predicted molar refractivity (Wildman–Crippen MR) is 82.1 cm³/mol. The van der Waals surface area contributed by atoms with Crippen LogP contribution in [-0.2, 0) is 4.74 Å². The summed E-state index contributed by atoms with van der Waals surface area (Å²) in [5.74, 6) is -0.286. The number of anilines is 2. The van der Waals surface area contributed by atoms with Crippen molar-refractivity contribution in [2.45, 2.75) is 45.1 Å². The first-order chi connectivity index (χ1) is 9.63. The van der Waals surface area contributed by atoms with Crippen LogP contribution in [0.5, 0.6) is 0 Å². The SMILES string of the molecule is CCOC(=O)c1ccc(N)c(N(C)C2CCCCC2)c1. The first-order valence-corrected chi connectivity index (χ1v) is 7.43. The van der Waals surface area contributed by atoms with E-state index in [9.17, 15) is 4.79 Å². The summed E-state index contributed by atoms with van der Waals surface area (Å²) in [6.45, 7) is 2.20. The Kier molecular flexibility index (Phi) is 4.88. The van der Waals surface area contributed by atoms with Gasteiger partial charge in [-0.1, -0.05) is 19.3 Å². The lowest BCUT2D eigenvalue weighted by Crippen LogP contribution is -2.33. The van der Waals surface area contributed by atoms with Gasteiger partial charge in [0, 0.05) is 13.1 Å². The molecule has 0 saturated heterocycles. The third-order valence-electron chi connectivity index (χ3n) is 4.04. The van der Waals surface area contributed by atoms with Crippen molar-refractivity contribution in [1.29, 1.82) is 0 Å². The molecule has 110 valence electrons. The molecule has 0 spiro atoms. The maximum Gasteiger partial charge on any atom is 0.338 e. The fourth-order valence-corrected chi connectivity index (χ4v) is 2.86. The smallest absolute Gasteiger partial charge is 0.338 e. The molecule has 4 heteroatoms. The summed E-state index contributed by atoms with van der Waals surface area (Å²) in [5, 5.41) is 0. The third-order valence-corrected chi connectivity index (χ3v) is 4.04. The lowest BCUT2D eigenvalue weighted by molar-refractivity contribution is 0.0526. The van der Waals surface area contributed by atoms with E-state index in [4.69, 9.17) is 10.5 Å². The average Bonchev–Trinajstić information content (AvgIpc) is 2.48.